The van der Waals surface area contributed by atoms with Crippen LogP contribution in [0.3, 0.4) is 0 Å². The molecule has 0 aliphatic heterocycles. The van der Waals surface area contributed by atoms with E-state index < -0.39 is 6.10 Å². The van der Waals surface area contributed by atoms with Gasteiger partial charge in [0.05, 0.1) is 4.88 Å². The summed E-state index contributed by atoms with van der Waals surface area (Å²) in [5, 5.41) is 4.68. The van der Waals surface area contributed by atoms with Crippen LogP contribution in [0.15, 0.2) is 72.1 Å². The van der Waals surface area contributed by atoms with Gasteiger partial charge in [0.25, 0.3) is 5.91 Å². The van der Waals surface area contributed by atoms with Crippen molar-refractivity contribution in [2.45, 2.75) is 13.0 Å². The van der Waals surface area contributed by atoms with E-state index in [4.69, 9.17) is 4.74 Å². The summed E-state index contributed by atoms with van der Waals surface area (Å²) < 4.78 is 5.75. The summed E-state index contributed by atoms with van der Waals surface area (Å²) in [6.07, 6.45) is -0.620. The highest BCUT2D eigenvalue weighted by atomic mass is 32.1. The van der Waals surface area contributed by atoms with E-state index in [0.29, 0.717) is 21.9 Å². The van der Waals surface area contributed by atoms with E-state index in [9.17, 15) is 9.59 Å². The van der Waals surface area contributed by atoms with Crippen molar-refractivity contribution < 1.29 is 14.3 Å². The highest BCUT2D eigenvalue weighted by Crippen LogP contribution is 2.21. The lowest BCUT2D eigenvalue weighted by molar-refractivity contribution is 0.0818. The number of carbonyl (C=O) groups is 2. The fourth-order valence-electron chi connectivity index (χ4n) is 2.34. The van der Waals surface area contributed by atoms with Gasteiger partial charge in [-0.25, -0.2) is 0 Å². The maximum atomic E-state index is 12.4. The molecule has 4 nitrogen and oxygen atoms in total. The highest BCUT2D eigenvalue weighted by Gasteiger charge is 2.17. The van der Waals surface area contributed by atoms with Gasteiger partial charge in [0, 0.05) is 17.3 Å². The fourth-order valence-corrected chi connectivity index (χ4v) is 2.96. The molecule has 0 bridgehead atoms. The number of amides is 1. The van der Waals surface area contributed by atoms with Crippen LogP contribution in [0.5, 0.6) is 5.75 Å². The van der Waals surface area contributed by atoms with Gasteiger partial charge in [0.2, 0.25) is 5.78 Å². The predicted octanol–water partition coefficient (Wildman–Crippen LogP) is 4.65. The van der Waals surface area contributed by atoms with Crippen molar-refractivity contribution in [3.63, 3.8) is 0 Å². The normalized spacial score (nSPS) is 11.6. The van der Waals surface area contributed by atoms with Crippen LogP contribution in [0.1, 0.15) is 27.0 Å². The van der Waals surface area contributed by atoms with Crippen LogP contribution in [0.25, 0.3) is 0 Å². The number of Topliss-reactive ketones (excluding diaryl/α,β-unsaturated/α-hetero) is 1. The molecule has 1 atom stereocenters. The zero-order valence-corrected chi connectivity index (χ0v) is 14.5. The van der Waals surface area contributed by atoms with Gasteiger partial charge in [0.1, 0.15) is 5.75 Å². The molecular formula is C20H17NO3S. The number of nitrogens with one attached hydrogen (secondary N) is 1. The Kier molecular flexibility index (Phi) is 5.26. The number of carbonyl (C=O) groups excluding carboxylic acids is 2. The molecule has 0 radical (unpaired) electrons. The summed E-state index contributed by atoms with van der Waals surface area (Å²) in [5.74, 6) is 0.273. The van der Waals surface area contributed by atoms with E-state index in [1.807, 2.05) is 29.6 Å². The van der Waals surface area contributed by atoms with Crippen molar-refractivity contribution in [2.24, 2.45) is 0 Å². The summed E-state index contributed by atoms with van der Waals surface area (Å²) in [7, 11) is 0. The number of hydrogen-bond acceptors (Lipinski definition) is 4. The molecule has 0 aliphatic rings. The van der Waals surface area contributed by atoms with E-state index in [1.165, 1.54) is 11.3 Å². The Balaban J connectivity index is 1.67. The van der Waals surface area contributed by atoms with Gasteiger partial charge in [-0.05, 0) is 30.5 Å². The number of rotatable bonds is 6. The first kappa shape index (κ1) is 16.9. The van der Waals surface area contributed by atoms with E-state index >= 15 is 0 Å². The summed E-state index contributed by atoms with van der Waals surface area (Å²) in [4.78, 5) is 25.1. The first-order chi connectivity index (χ1) is 12.1. The van der Waals surface area contributed by atoms with E-state index in [-0.39, 0.29) is 11.7 Å². The summed E-state index contributed by atoms with van der Waals surface area (Å²) in [6.45, 7) is 1.71. The third-order valence-corrected chi connectivity index (χ3v) is 4.45. The van der Waals surface area contributed by atoms with Crippen molar-refractivity contribution in [3.05, 3.63) is 82.6 Å². The van der Waals surface area contributed by atoms with Gasteiger partial charge in [0.15, 0.2) is 6.10 Å². The third kappa shape index (κ3) is 4.33. The lowest BCUT2D eigenvalue weighted by atomic mass is 10.1. The number of hydrogen-bond donors (Lipinski definition) is 1. The molecule has 5 heteroatoms. The molecule has 126 valence electrons. The predicted molar refractivity (Wildman–Crippen MR) is 99.6 cm³/mol. The second kappa shape index (κ2) is 7.77. The Morgan fingerprint density at radius 3 is 2.52 bits per heavy atom. The zero-order chi connectivity index (χ0) is 17.6. The minimum Gasteiger partial charge on any atom is -0.482 e. The molecule has 0 aliphatic carbocycles. The second-order valence-corrected chi connectivity index (χ2v) is 6.40. The number of thiophene rings is 1. The van der Waals surface area contributed by atoms with Crippen LogP contribution < -0.4 is 10.1 Å². The minimum absolute atomic E-state index is 0.0892. The largest absolute Gasteiger partial charge is 0.482 e. The second-order valence-electron chi connectivity index (χ2n) is 5.45. The van der Waals surface area contributed by atoms with Crippen LogP contribution in [0.4, 0.5) is 5.69 Å². The summed E-state index contributed by atoms with van der Waals surface area (Å²) in [5.41, 5.74) is 1.23. The summed E-state index contributed by atoms with van der Waals surface area (Å²) >= 11 is 1.38. The first-order valence-corrected chi connectivity index (χ1v) is 8.72. The molecule has 1 N–H and O–H groups in total. The number of ketones is 1. The summed E-state index contributed by atoms with van der Waals surface area (Å²) in [6, 6.07) is 19.6. The molecule has 0 spiro atoms. The third-order valence-electron chi connectivity index (χ3n) is 3.58. The Labute approximate surface area is 150 Å². The van der Waals surface area contributed by atoms with Crippen molar-refractivity contribution >= 4 is 28.7 Å². The Morgan fingerprint density at radius 2 is 1.80 bits per heavy atom. The number of ether oxygens (including phenoxy) is 1. The molecular weight excluding hydrogens is 334 g/mol. The van der Waals surface area contributed by atoms with Crippen LogP contribution in [-0.4, -0.2) is 17.8 Å². The Bertz CT molecular complexity index is 860. The fraction of sp³-hybridized carbons (Fsp3) is 0.100. The smallest absolute Gasteiger partial charge is 0.265 e. The molecule has 3 aromatic rings. The molecule has 0 unspecified atom stereocenters. The first-order valence-electron chi connectivity index (χ1n) is 7.84. The van der Waals surface area contributed by atoms with E-state index in [1.54, 1.807) is 49.4 Å². The van der Waals surface area contributed by atoms with Crippen molar-refractivity contribution in [3.8, 4) is 5.75 Å². The van der Waals surface area contributed by atoms with Crippen molar-refractivity contribution in [1.82, 2.24) is 0 Å². The maximum Gasteiger partial charge on any atom is 0.265 e. The minimum atomic E-state index is -0.620. The molecule has 0 saturated heterocycles. The van der Waals surface area contributed by atoms with Crippen molar-refractivity contribution in [2.75, 3.05) is 5.32 Å². The maximum absolute atomic E-state index is 12.4. The lowest BCUT2D eigenvalue weighted by Crippen LogP contribution is -2.23. The van der Waals surface area contributed by atoms with Gasteiger partial charge >= 0.3 is 0 Å². The monoisotopic (exact) mass is 351 g/mol. The average molecular weight is 351 g/mol. The number of benzene rings is 2. The standard InChI is InChI=1S/C20H17NO3S/c1-14(19(22)15-7-3-2-4-8-15)24-17-10-5-9-16(13-17)21-20(23)18-11-6-12-25-18/h2-14H,1H3,(H,21,23)/t14-/m1/s1. The molecule has 1 aromatic heterocycles. The van der Waals surface area contributed by atoms with Gasteiger partial charge in [-0.15, -0.1) is 11.3 Å². The number of anilines is 1. The highest BCUT2D eigenvalue weighted by molar-refractivity contribution is 7.12. The molecule has 1 heterocycles. The molecule has 25 heavy (non-hydrogen) atoms. The van der Waals surface area contributed by atoms with Gasteiger partial charge < -0.3 is 10.1 Å². The van der Waals surface area contributed by atoms with Crippen molar-refractivity contribution in [1.29, 1.82) is 0 Å². The van der Waals surface area contributed by atoms with Gasteiger partial charge in [-0.1, -0.05) is 42.5 Å². The Hall–Kier alpha value is -2.92. The molecule has 3 rings (SSSR count). The van der Waals surface area contributed by atoms with Gasteiger partial charge in [-0.2, -0.15) is 0 Å². The van der Waals surface area contributed by atoms with Gasteiger partial charge in [-0.3, -0.25) is 9.59 Å². The Morgan fingerprint density at radius 1 is 1.00 bits per heavy atom. The molecule has 0 fully saturated rings. The van der Waals surface area contributed by atoms with Crippen LogP contribution in [-0.2, 0) is 0 Å². The zero-order valence-electron chi connectivity index (χ0n) is 13.6. The molecule has 1 amide bonds. The lowest BCUT2D eigenvalue weighted by Gasteiger charge is -2.14. The average Bonchev–Trinajstić information content (AvgIpc) is 3.17. The van der Waals surface area contributed by atoms with Crippen LogP contribution in [0, 0.1) is 0 Å². The quantitative estimate of drug-likeness (QED) is 0.658. The topological polar surface area (TPSA) is 55.4 Å². The van der Waals surface area contributed by atoms with E-state index in [2.05, 4.69) is 5.32 Å². The molecule has 0 saturated carbocycles. The van der Waals surface area contributed by atoms with E-state index in [0.717, 1.165) is 0 Å². The molecule has 2 aromatic carbocycles. The SMILES string of the molecule is C[C@@H](Oc1cccc(NC(=O)c2cccs2)c1)C(=O)c1ccccc1. The van der Waals surface area contributed by atoms with Crippen LogP contribution in [0.2, 0.25) is 0 Å². The van der Waals surface area contributed by atoms with Crippen LogP contribution >= 0.6 is 11.3 Å².